The summed E-state index contributed by atoms with van der Waals surface area (Å²) in [5, 5.41) is 0.410. The van der Waals surface area contributed by atoms with Crippen LogP contribution in [0.3, 0.4) is 0 Å². The minimum absolute atomic E-state index is 0.0667. The van der Waals surface area contributed by atoms with Gasteiger partial charge in [-0.15, -0.1) is 0 Å². The molecule has 6 rings (SSSR count). The van der Waals surface area contributed by atoms with E-state index in [4.69, 9.17) is 9.41 Å². The molecule has 2 aromatic rings. The van der Waals surface area contributed by atoms with Gasteiger partial charge in [-0.1, -0.05) is 0 Å². The van der Waals surface area contributed by atoms with Crippen LogP contribution in [-0.4, -0.2) is 11.5 Å². The third-order valence-corrected chi connectivity index (χ3v) is 5.60. The first-order valence-electron chi connectivity index (χ1n) is 8.15. The van der Waals surface area contributed by atoms with Gasteiger partial charge in [-0.2, -0.15) is 0 Å². The molecular weight excluding hydrogens is 300 g/mol. The molecule has 4 aliphatic rings. The standard InChI is InChI=1S/C17H17F2N3O/c18-12-5-10-6-14(23-15(10)13(19)7-12)16-20-17(22-21-16)8-9-1-3-11(17)4-2-9/h5-7,9,11,22H,1-4,8H2,(H,20,21)/t9?,11?,17-/m0/s1. The third kappa shape index (κ3) is 1.94. The Morgan fingerprint density at radius 1 is 1.13 bits per heavy atom. The Morgan fingerprint density at radius 3 is 2.70 bits per heavy atom. The number of benzene rings is 1. The van der Waals surface area contributed by atoms with Gasteiger partial charge in [-0.25, -0.2) is 19.2 Å². The second kappa shape index (κ2) is 4.54. The molecule has 3 fully saturated rings. The first-order valence-corrected chi connectivity index (χ1v) is 8.15. The monoisotopic (exact) mass is 317 g/mol. The normalized spacial score (nSPS) is 32.5. The predicted molar refractivity (Wildman–Crippen MR) is 81.7 cm³/mol. The Labute approximate surface area is 131 Å². The molecule has 23 heavy (non-hydrogen) atoms. The van der Waals surface area contributed by atoms with E-state index < -0.39 is 11.6 Å². The zero-order chi connectivity index (χ0) is 15.6. The summed E-state index contributed by atoms with van der Waals surface area (Å²) in [4.78, 5) is 4.86. The summed E-state index contributed by atoms with van der Waals surface area (Å²) in [7, 11) is 0. The Balaban J connectivity index is 1.55. The fourth-order valence-corrected chi connectivity index (χ4v) is 4.47. The van der Waals surface area contributed by atoms with Crippen molar-refractivity contribution in [1.82, 2.24) is 10.9 Å². The first-order chi connectivity index (χ1) is 11.1. The minimum Gasteiger partial charge on any atom is -0.450 e. The number of aliphatic imine (C=N–C) groups is 1. The molecule has 1 aromatic heterocycles. The molecule has 2 heterocycles. The number of hydrogen-bond acceptors (Lipinski definition) is 4. The van der Waals surface area contributed by atoms with Crippen LogP contribution in [0.4, 0.5) is 8.78 Å². The van der Waals surface area contributed by atoms with Crippen LogP contribution in [0.5, 0.6) is 0 Å². The van der Waals surface area contributed by atoms with Crippen LogP contribution in [-0.2, 0) is 0 Å². The number of nitrogens with one attached hydrogen (secondary N) is 2. The summed E-state index contributed by atoms with van der Waals surface area (Å²) in [6.07, 6.45) is 5.98. The Hall–Kier alpha value is -1.95. The quantitative estimate of drug-likeness (QED) is 0.847. The Bertz CT molecular complexity index is 823. The molecule has 6 heteroatoms. The van der Waals surface area contributed by atoms with E-state index >= 15 is 0 Å². The van der Waals surface area contributed by atoms with Crippen LogP contribution in [0.25, 0.3) is 11.0 Å². The fourth-order valence-electron chi connectivity index (χ4n) is 4.47. The summed E-state index contributed by atoms with van der Waals surface area (Å²) < 4.78 is 32.7. The highest BCUT2D eigenvalue weighted by Gasteiger charge is 2.50. The predicted octanol–water partition coefficient (Wildman–Crippen LogP) is 3.47. The van der Waals surface area contributed by atoms with Crippen LogP contribution in [0.1, 0.15) is 37.9 Å². The van der Waals surface area contributed by atoms with Crippen molar-refractivity contribution >= 4 is 16.8 Å². The molecule has 0 unspecified atom stereocenters. The van der Waals surface area contributed by atoms with Gasteiger partial charge in [0.1, 0.15) is 11.5 Å². The highest BCUT2D eigenvalue weighted by Crippen LogP contribution is 2.48. The van der Waals surface area contributed by atoms with Crippen molar-refractivity contribution in [1.29, 1.82) is 0 Å². The minimum atomic E-state index is -0.691. The van der Waals surface area contributed by atoms with Crippen molar-refractivity contribution in [2.45, 2.75) is 37.8 Å². The van der Waals surface area contributed by atoms with Gasteiger partial charge in [-0.3, -0.25) is 0 Å². The third-order valence-electron chi connectivity index (χ3n) is 5.60. The van der Waals surface area contributed by atoms with Crippen molar-refractivity contribution in [3.8, 4) is 0 Å². The van der Waals surface area contributed by atoms with E-state index in [1.807, 2.05) is 0 Å². The largest absolute Gasteiger partial charge is 0.450 e. The van der Waals surface area contributed by atoms with Crippen LogP contribution in [0.15, 0.2) is 27.6 Å². The zero-order valence-corrected chi connectivity index (χ0v) is 12.5. The second-order valence-corrected chi connectivity index (χ2v) is 6.97. The lowest BCUT2D eigenvalue weighted by atomic mass is 9.65. The van der Waals surface area contributed by atoms with Crippen molar-refractivity contribution in [3.05, 3.63) is 35.6 Å². The van der Waals surface area contributed by atoms with Crippen LogP contribution in [0.2, 0.25) is 0 Å². The second-order valence-electron chi connectivity index (χ2n) is 6.97. The lowest BCUT2D eigenvalue weighted by molar-refractivity contribution is 0.0506. The van der Waals surface area contributed by atoms with Crippen LogP contribution in [0, 0.1) is 23.5 Å². The molecule has 2 bridgehead atoms. The van der Waals surface area contributed by atoms with E-state index in [2.05, 4.69) is 10.9 Å². The van der Waals surface area contributed by atoms with E-state index in [0.29, 0.717) is 22.9 Å². The Kier molecular flexibility index (Phi) is 2.66. The molecule has 0 radical (unpaired) electrons. The number of halogens is 2. The topological polar surface area (TPSA) is 49.6 Å². The van der Waals surface area contributed by atoms with Gasteiger partial charge in [0.25, 0.3) is 0 Å². The van der Waals surface area contributed by atoms with Gasteiger partial charge in [-0.05, 0) is 56.1 Å². The maximum atomic E-state index is 13.8. The van der Waals surface area contributed by atoms with E-state index in [1.54, 1.807) is 6.07 Å². The van der Waals surface area contributed by atoms with Gasteiger partial charge in [0, 0.05) is 11.5 Å². The Morgan fingerprint density at radius 2 is 1.96 bits per heavy atom. The number of rotatable bonds is 1. The smallest absolute Gasteiger partial charge is 0.181 e. The summed E-state index contributed by atoms with van der Waals surface area (Å²) in [6, 6.07) is 3.74. The molecule has 2 N–H and O–H groups in total. The SMILES string of the molecule is Fc1cc(F)c2oc(C3=N[C@@]4(CC5CCC4CC5)NN3)cc2c1. The van der Waals surface area contributed by atoms with Crippen LogP contribution < -0.4 is 10.9 Å². The molecular formula is C17H17F2N3O. The summed E-state index contributed by atoms with van der Waals surface area (Å²) in [5.41, 5.74) is 6.25. The molecule has 120 valence electrons. The van der Waals surface area contributed by atoms with Gasteiger partial charge >= 0.3 is 0 Å². The van der Waals surface area contributed by atoms with Gasteiger partial charge in [0.05, 0.1) is 0 Å². The van der Waals surface area contributed by atoms with Gasteiger partial charge in [0.2, 0.25) is 0 Å². The van der Waals surface area contributed by atoms with Crippen molar-refractivity contribution in [2.75, 3.05) is 0 Å². The number of amidine groups is 1. The highest BCUT2D eigenvalue weighted by atomic mass is 19.1. The molecule has 1 atom stereocenters. The van der Waals surface area contributed by atoms with Crippen LogP contribution >= 0.6 is 0 Å². The molecule has 4 nitrogen and oxygen atoms in total. The van der Waals surface area contributed by atoms with E-state index in [1.165, 1.54) is 31.7 Å². The van der Waals surface area contributed by atoms with E-state index in [9.17, 15) is 8.78 Å². The molecule has 3 saturated carbocycles. The molecule has 1 aromatic carbocycles. The molecule has 1 spiro atoms. The summed E-state index contributed by atoms with van der Waals surface area (Å²) in [5.74, 6) is 0.964. The molecule has 0 saturated heterocycles. The highest BCUT2D eigenvalue weighted by molar-refractivity contribution is 6.00. The fraction of sp³-hybridized carbons (Fsp3) is 0.471. The zero-order valence-electron chi connectivity index (χ0n) is 12.5. The average Bonchev–Trinajstić information content (AvgIpc) is 3.13. The summed E-state index contributed by atoms with van der Waals surface area (Å²) >= 11 is 0. The summed E-state index contributed by atoms with van der Waals surface area (Å²) in [6.45, 7) is 0. The average molecular weight is 317 g/mol. The lowest BCUT2D eigenvalue weighted by Crippen LogP contribution is -2.56. The van der Waals surface area contributed by atoms with Gasteiger partial charge in [0.15, 0.2) is 23.0 Å². The molecule has 1 aliphatic heterocycles. The van der Waals surface area contributed by atoms with Crippen molar-refractivity contribution < 1.29 is 13.2 Å². The number of hydrogen-bond donors (Lipinski definition) is 2. The first kappa shape index (κ1) is 13.5. The molecule has 0 amide bonds. The maximum Gasteiger partial charge on any atom is 0.181 e. The maximum absolute atomic E-state index is 13.8. The number of hydrazine groups is 1. The van der Waals surface area contributed by atoms with E-state index in [-0.39, 0.29) is 11.2 Å². The van der Waals surface area contributed by atoms with E-state index in [0.717, 1.165) is 18.4 Å². The number of fused-ring (bicyclic) bond motifs is 3. The molecule has 3 aliphatic carbocycles. The number of nitrogens with zero attached hydrogens (tertiary/aromatic N) is 1. The van der Waals surface area contributed by atoms with Crippen molar-refractivity contribution in [2.24, 2.45) is 16.8 Å². The lowest BCUT2D eigenvalue weighted by Gasteiger charge is -2.47. The van der Waals surface area contributed by atoms with Gasteiger partial charge < -0.3 is 9.84 Å². The van der Waals surface area contributed by atoms with Crippen molar-refractivity contribution in [3.63, 3.8) is 0 Å². The number of furan rings is 1.